The Bertz CT molecular complexity index is 1150. The summed E-state index contributed by atoms with van der Waals surface area (Å²) in [6.07, 6.45) is 1.71. The zero-order valence-corrected chi connectivity index (χ0v) is 17.7. The number of benzene rings is 2. The van der Waals surface area contributed by atoms with E-state index in [1.165, 1.54) is 12.1 Å². The summed E-state index contributed by atoms with van der Waals surface area (Å²) >= 11 is 0. The monoisotopic (exact) mass is 434 g/mol. The van der Waals surface area contributed by atoms with Gasteiger partial charge in [-0.25, -0.2) is 4.39 Å². The summed E-state index contributed by atoms with van der Waals surface area (Å²) in [6.45, 7) is 2.50. The van der Waals surface area contributed by atoms with Crippen LogP contribution in [0.15, 0.2) is 65.3 Å². The van der Waals surface area contributed by atoms with Crippen LogP contribution in [-0.2, 0) is 16.1 Å². The maximum atomic E-state index is 13.1. The largest absolute Gasteiger partial charge is 0.490 e. The molecular formula is C25H23FN2O4. The maximum Gasteiger partial charge on any atom is 0.205 e. The number of nitriles is 1. The Hall–Kier alpha value is -3.79. The predicted octanol–water partition coefficient (Wildman–Crippen LogP) is 4.62. The molecule has 0 unspecified atom stereocenters. The number of halogens is 1. The minimum Gasteiger partial charge on any atom is -0.490 e. The van der Waals surface area contributed by atoms with E-state index in [0.29, 0.717) is 54.3 Å². The topological polar surface area (TPSA) is 94.6 Å². The van der Waals surface area contributed by atoms with Gasteiger partial charge in [-0.2, -0.15) is 5.26 Å². The van der Waals surface area contributed by atoms with Crippen molar-refractivity contribution >= 4 is 5.78 Å². The lowest BCUT2D eigenvalue weighted by Gasteiger charge is -2.31. The van der Waals surface area contributed by atoms with Crippen molar-refractivity contribution in [1.29, 1.82) is 5.26 Å². The van der Waals surface area contributed by atoms with E-state index in [9.17, 15) is 14.4 Å². The SMILES string of the molecule is CCOc1cc([C@@H]2C(C#N)=C(N)OC3=C2C(=O)CCC3)ccc1OCc1ccc(F)cc1. The fraction of sp³-hybridized carbons (Fsp3) is 0.280. The van der Waals surface area contributed by atoms with Gasteiger partial charge in [0.15, 0.2) is 17.3 Å². The Kier molecular flexibility index (Phi) is 6.13. The molecule has 2 aromatic rings. The average Bonchev–Trinajstić information content (AvgIpc) is 2.79. The first-order chi connectivity index (χ1) is 15.5. The maximum absolute atomic E-state index is 13.1. The minimum absolute atomic E-state index is 0.0283. The van der Waals surface area contributed by atoms with Crippen molar-refractivity contribution in [2.75, 3.05) is 6.61 Å². The van der Waals surface area contributed by atoms with Gasteiger partial charge in [0.25, 0.3) is 0 Å². The normalized spacial score (nSPS) is 18.0. The summed E-state index contributed by atoms with van der Waals surface area (Å²) in [5.74, 6) is 0.605. The number of nitrogens with zero attached hydrogens (tertiary/aromatic N) is 1. The highest BCUT2D eigenvalue weighted by Crippen LogP contribution is 2.45. The second kappa shape index (κ2) is 9.15. The van der Waals surface area contributed by atoms with Crippen LogP contribution in [0.1, 0.15) is 43.2 Å². The van der Waals surface area contributed by atoms with E-state index < -0.39 is 5.92 Å². The number of ketones is 1. The molecule has 1 atom stereocenters. The molecule has 0 bridgehead atoms. The molecule has 1 heterocycles. The highest BCUT2D eigenvalue weighted by atomic mass is 19.1. The Balaban J connectivity index is 1.69. The number of rotatable bonds is 6. The molecule has 1 aliphatic carbocycles. The number of Topliss-reactive ketones (excluding diaryl/α,β-unsaturated/α-hetero) is 1. The Morgan fingerprint density at radius 2 is 1.94 bits per heavy atom. The molecule has 0 fully saturated rings. The molecule has 1 aliphatic heterocycles. The molecule has 164 valence electrons. The summed E-state index contributed by atoms with van der Waals surface area (Å²) in [4.78, 5) is 12.7. The van der Waals surface area contributed by atoms with Gasteiger partial charge in [0.2, 0.25) is 5.88 Å². The van der Waals surface area contributed by atoms with E-state index in [0.717, 1.165) is 5.56 Å². The van der Waals surface area contributed by atoms with Gasteiger partial charge in [-0.15, -0.1) is 0 Å². The van der Waals surface area contributed by atoms with Crippen molar-refractivity contribution < 1.29 is 23.4 Å². The van der Waals surface area contributed by atoms with Gasteiger partial charge in [0.1, 0.15) is 29.8 Å². The van der Waals surface area contributed by atoms with Gasteiger partial charge in [0.05, 0.1) is 12.5 Å². The quantitative estimate of drug-likeness (QED) is 0.713. The van der Waals surface area contributed by atoms with Crippen molar-refractivity contribution in [2.45, 2.75) is 38.7 Å². The van der Waals surface area contributed by atoms with Crippen LogP contribution in [0, 0.1) is 17.1 Å². The number of carbonyl (C=O) groups excluding carboxylic acids is 1. The Morgan fingerprint density at radius 1 is 1.16 bits per heavy atom. The van der Waals surface area contributed by atoms with Crippen LogP contribution < -0.4 is 15.2 Å². The average molecular weight is 434 g/mol. The summed E-state index contributed by atoms with van der Waals surface area (Å²) in [7, 11) is 0. The van der Waals surface area contributed by atoms with Crippen molar-refractivity contribution in [3.05, 3.63) is 82.2 Å². The third kappa shape index (κ3) is 4.17. The fourth-order valence-corrected chi connectivity index (χ4v) is 4.02. The van der Waals surface area contributed by atoms with E-state index in [-0.39, 0.29) is 29.7 Å². The molecular weight excluding hydrogens is 411 g/mol. The van der Waals surface area contributed by atoms with Gasteiger partial charge in [0, 0.05) is 18.4 Å². The number of allylic oxidation sites excluding steroid dienone is 3. The molecule has 0 aromatic heterocycles. The van der Waals surface area contributed by atoms with Crippen LogP contribution >= 0.6 is 0 Å². The first kappa shape index (κ1) is 21.4. The zero-order chi connectivity index (χ0) is 22.7. The lowest BCUT2D eigenvalue weighted by molar-refractivity contribution is -0.116. The molecule has 7 heteroatoms. The summed E-state index contributed by atoms with van der Waals surface area (Å²) in [5.41, 5.74) is 8.24. The molecule has 2 aliphatic rings. The molecule has 0 saturated carbocycles. The first-order valence-electron chi connectivity index (χ1n) is 10.5. The van der Waals surface area contributed by atoms with E-state index in [1.807, 2.05) is 6.92 Å². The Labute approximate surface area is 185 Å². The van der Waals surface area contributed by atoms with Crippen molar-refractivity contribution in [3.8, 4) is 17.6 Å². The van der Waals surface area contributed by atoms with Crippen LogP contribution in [0.4, 0.5) is 4.39 Å². The molecule has 2 N–H and O–H groups in total. The summed E-state index contributed by atoms with van der Waals surface area (Å²) in [5, 5.41) is 9.74. The minimum atomic E-state index is -0.609. The molecule has 0 radical (unpaired) electrons. The highest BCUT2D eigenvalue weighted by molar-refractivity contribution is 5.99. The molecule has 0 amide bonds. The molecule has 2 aromatic carbocycles. The van der Waals surface area contributed by atoms with E-state index in [4.69, 9.17) is 19.9 Å². The smallest absolute Gasteiger partial charge is 0.205 e. The van der Waals surface area contributed by atoms with Gasteiger partial charge in [-0.1, -0.05) is 18.2 Å². The van der Waals surface area contributed by atoms with Crippen LogP contribution in [0.25, 0.3) is 0 Å². The van der Waals surface area contributed by atoms with Gasteiger partial charge >= 0.3 is 0 Å². The van der Waals surface area contributed by atoms with Crippen molar-refractivity contribution in [3.63, 3.8) is 0 Å². The number of hydrogen-bond donors (Lipinski definition) is 1. The number of hydrogen-bond acceptors (Lipinski definition) is 6. The fourth-order valence-electron chi connectivity index (χ4n) is 4.02. The van der Waals surface area contributed by atoms with Gasteiger partial charge < -0.3 is 19.9 Å². The lowest BCUT2D eigenvalue weighted by atomic mass is 9.77. The number of carbonyl (C=O) groups is 1. The number of ether oxygens (including phenoxy) is 3. The van der Waals surface area contributed by atoms with Crippen LogP contribution in [0.3, 0.4) is 0 Å². The Morgan fingerprint density at radius 3 is 2.66 bits per heavy atom. The second-order valence-corrected chi connectivity index (χ2v) is 7.59. The van der Waals surface area contributed by atoms with Crippen LogP contribution in [0.5, 0.6) is 11.5 Å². The summed E-state index contributed by atoms with van der Waals surface area (Å²) in [6, 6.07) is 13.5. The molecule has 4 rings (SSSR count). The predicted molar refractivity (Wildman–Crippen MR) is 115 cm³/mol. The van der Waals surface area contributed by atoms with Gasteiger partial charge in [-0.05, 0) is 48.7 Å². The lowest BCUT2D eigenvalue weighted by Crippen LogP contribution is -2.27. The van der Waals surface area contributed by atoms with E-state index in [2.05, 4.69) is 6.07 Å². The third-order valence-electron chi connectivity index (χ3n) is 5.51. The number of nitrogens with two attached hydrogens (primary N) is 1. The third-order valence-corrected chi connectivity index (χ3v) is 5.51. The summed E-state index contributed by atoms with van der Waals surface area (Å²) < 4.78 is 30.5. The van der Waals surface area contributed by atoms with E-state index >= 15 is 0 Å². The van der Waals surface area contributed by atoms with Crippen molar-refractivity contribution in [2.24, 2.45) is 5.73 Å². The molecule has 6 nitrogen and oxygen atoms in total. The standard InChI is InChI=1S/C25H23FN2O4/c1-2-30-22-12-16(8-11-20(22)31-14-15-6-9-17(26)10-7-15)23-18(13-27)25(28)32-21-5-3-4-19(29)24(21)23/h6-12,23H,2-5,14,28H2,1H3/t23-/m1/s1. The highest BCUT2D eigenvalue weighted by Gasteiger charge is 2.38. The first-order valence-corrected chi connectivity index (χ1v) is 10.5. The van der Waals surface area contributed by atoms with Crippen LogP contribution in [-0.4, -0.2) is 12.4 Å². The second-order valence-electron chi connectivity index (χ2n) is 7.59. The molecule has 32 heavy (non-hydrogen) atoms. The van der Waals surface area contributed by atoms with Crippen molar-refractivity contribution in [1.82, 2.24) is 0 Å². The van der Waals surface area contributed by atoms with Crippen LogP contribution in [0.2, 0.25) is 0 Å². The van der Waals surface area contributed by atoms with Gasteiger partial charge in [-0.3, -0.25) is 4.79 Å². The molecule has 0 spiro atoms. The van der Waals surface area contributed by atoms with E-state index in [1.54, 1.807) is 30.3 Å². The molecule has 0 saturated heterocycles. The zero-order valence-electron chi connectivity index (χ0n) is 17.7.